The van der Waals surface area contributed by atoms with E-state index in [9.17, 15) is 9.59 Å². The molecule has 262 valence electrons. The Balaban J connectivity index is 1.61. The normalized spacial score (nSPS) is 12.4. The SMILES string of the molecule is CCc1cc(C(Nc2ccc3c(N(C(=O)OC(C)(C)C)C(=O)OC(C)(C)C)nccc3c2)c2nc(-c3ccccc3)nn2C)c(F)cc1OC. The van der Waals surface area contributed by atoms with Crippen molar-refractivity contribution in [2.75, 3.05) is 17.3 Å². The van der Waals surface area contributed by atoms with E-state index in [-0.39, 0.29) is 5.82 Å². The average Bonchev–Trinajstić information content (AvgIpc) is 3.43. The summed E-state index contributed by atoms with van der Waals surface area (Å²) in [6, 6.07) is 19.0. The lowest BCUT2D eigenvalue weighted by Gasteiger charge is -2.28. The molecule has 0 saturated carbocycles. The molecular formula is C38H43FN6O5. The van der Waals surface area contributed by atoms with Gasteiger partial charge in [-0.1, -0.05) is 37.3 Å². The van der Waals surface area contributed by atoms with Crippen LogP contribution >= 0.6 is 0 Å². The molecule has 1 unspecified atom stereocenters. The van der Waals surface area contributed by atoms with Crippen molar-refractivity contribution >= 4 is 34.5 Å². The zero-order valence-corrected chi connectivity index (χ0v) is 29.9. The Morgan fingerprint density at radius 2 is 1.60 bits per heavy atom. The number of hydrogen-bond acceptors (Lipinski definition) is 9. The Morgan fingerprint density at radius 1 is 0.940 bits per heavy atom. The number of aryl methyl sites for hydroxylation is 2. The summed E-state index contributed by atoms with van der Waals surface area (Å²) >= 11 is 0. The van der Waals surface area contributed by atoms with E-state index in [1.165, 1.54) is 19.4 Å². The topological polar surface area (TPSA) is 121 Å². The third-order valence-corrected chi connectivity index (χ3v) is 7.60. The highest BCUT2D eigenvalue weighted by atomic mass is 19.1. The van der Waals surface area contributed by atoms with E-state index < -0.39 is 35.2 Å². The van der Waals surface area contributed by atoms with E-state index in [2.05, 4.69) is 15.4 Å². The molecule has 3 aromatic carbocycles. The molecular weight excluding hydrogens is 639 g/mol. The van der Waals surface area contributed by atoms with Gasteiger partial charge in [-0.25, -0.2) is 23.9 Å². The van der Waals surface area contributed by atoms with Crippen LogP contribution in [-0.2, 0) is 22.9 Å². The first-order valence-corrected chi connectivity index (χ1v) is 16.3. The lowest BCUT2D eigenvalue weighted by atomic mass is 9.99. The summed E-state index contributed by atoms with van der Waals surface area (Å²) < 4.78 is 34.2. The number of pyridine rings is 1. The van der Waals surface area contributed by atoms with Crippen molar-refractivity contribution in [3.8, 4) is 17.1 Å². The molecule has 1 atom stereocenters. The van der Waals surface area contributed by atoms with Gasteiger partial charge in [-0.2, -0.15) is 10.00 Å². The molecule has 0 aliphatic heterocycles. The number of amides is 2. The summed E-state index contributed by atoms with van der Waals surface area (Å²) in [7, 11) is 3.29. The number of methoxy groups -OCH3 is 1. The Morgan fingerprint density at radius 3 is 2.20 bits per heavy atom. The summed E-state index contributed by atoms with van der Waals surface area (Å²) in [4.78, 5) is 36.9. The monoisotopic (exact) mass is 682 g/mol. The van der Waals surface area contributed by atoms with E-state index in [0.717, 1.165) is 16.0 Å². The quantitative estimate of drug-likeness (QED) is 0.171. The predicted molar refractivity (Wildman–Crippen MR) is 191 cm³/mol. The highest BCUT2D eigenvalue weighted by molar-refractivity contribution is 6.14. The average molecular weight is 683 g/mol. The highest BCUT2D eigenvalue weighted by Crippen LogP contribution is 2.35. The summed E-state index contributed by atoms with van der Waals surface area (Å²) in [5, 5.41) is 9.26. The minimum atomic E-state index is -0.924. The molecule has 2 heterocycles. The number of halogens is 1. The van der Waals surface area contributed by atoms with Crippen LogP contribution in [0, 0.1) is 5.82 Å². The fourth-order valence-corrected chi connectivity index (χ4v) is 5.40. The number of ether oxygens (including phenoxy) is 3. The Kier molecular flexibility index (Phi) is 10.1. The maximum absolute atomic E-state index is 16.0. The molecule has 0 fully saturated rings. The molecule has 1 N–H and O–H groups in total. The molecule has 2 amide bonds. The maximum Gasteiger partial charge on any atom is 0.425 e. The van der Waals surface area contributed by atoms with Crippen LogP contribution in [0.1, 0.15) is 71.5 Å². The van der Waals surface area contributed by atoms with E-state index in [1.54, 1.807) is 77.5 Å². The number of nitrogens with zero attached hydrogens (tertiary/aromatic N) is 5. The van der Waals surface area contributed by atoms with Gasteiger partial charge in [0.05, 0.1) is 7.11 Å². The van der Waals surface area contributed by atoms with Gasteiger partial charge in [0.25, 0.3) is 0 Å². The van der Waals surface area contributed by atoms with Crippen molar-refractivity contribution in [2.24, 2.45) is 7.05 Å². The molecule has 0 aliphatic carbocycles. The number of rotatable bonds is 8. The largest absolute Gasteiger partial charge is 0.496 e. The zero-order valence-electron chi connectivity index (χ0n) is 29.9. The molecule has 0 spiro atoms. The van der Waals surface area contributed by atoms with Crippen LogP contribution in [0.5, 0.6) is 5.75 Å². The van der Waals surface area contributed by atoms with E-state index in [1.807, 2.05) is 43.3 Å². The second-order valence-corrected chi connectivity index (χ2v) is 13.8. The van der Waals surface area contributed by atoms with E-state index >= 15 is 4.39 Å². The third-order valence-electron chi connectivity index (χ3n) is 7.60. The molecule has 12 heteroatoms. The van der Waals surface area contributed by atoms with Crippen molar-refractivity contribution in [1.29, 1.82) is 0 Å². The van der Waals surface area contributed by atoms with Crippen LogP contribution in [0.4, 0.5) is 25.5 Å². The van der Waals surface area contributed by atoms with Gasteiger partial charge in [-0.15, -0.1) is 0 Å². The summed E-state index contributed by atoms with van der Waals surface area (Å²) in [5.74, 6) is 1.01. The molecule has 0 aliphatic rings. The predicted octanol–water partition coefficient (Wildman–Crippen LogP) is 8.62. The Bertz CT molecular complexity index is 1990. The number of imide groups is 1. The van der Waals surface area contributed by atoms with Crippen LogP contribution in [0.25, 0.3) is 22.2 Å². The van der Waals surface area contributed by atoms with E-state index in [4.69, 9.17) is 19.2 Å². The highest BCUT2D eigenvalue weighted by Gasteiger charge is 2.35. The molecule has 0 radical (unpaired) electrons. The van der Waals surface area contributed by atoms with Gasteiger partial charge in [0.15, 0.2) is 17.5 Å². The first-order valence-electron chi connectivity index (χ1n) is 16.3. The number of carbonyl (C=O) groups excluding carboxylic acids is 2. The zero-order chi connectivity index (χ0) is 36.4. The first kappa shape index (κ1) is 35.8. The van der Waals surface area contributed by atoms with Gasteiger partial charge in [0.1, 0.15) is 28.8 Å². The number of aromatic nitrogens is 4. The smallest absolute Gasteiger partial charge is 0.425 e. The lowest BCUT2D eigenvalue weighted by Crippen LogP contribution is -2.44. The number of hydrogen-bond donors (Lipinski definition) is 1. The fraction of sp³-hybridized carbons (Fsp3) is 0.342. The van der Waals surface area contributed by atoms with Gasteiger partial charge >= 0.3 is 12.2 Å². The molecule has 5 rings (SSSR count). The summed E-state index contributed by atoms with van der Waals surface area (Å²) in [5.41, 5.74) is 0.848. The second-order valence-electron chi connectivity index (χ2n) is 13.8. The molecule has 0 saturated heterocycles. The molecule has 2 aromatic heterocycles. The molecule has 11 nitrogen and oxygen atoms in total. The second kappa shape index (κ2) is 14.1. The van der Waals surface area contributed by atoms with Crippen LogP contribution in [0.15, 0.2) is 72.9 Å². The number of fused-ring (bicyclic) bond motifs is 1. The molecule has 5 aromatic rings. The van der Waals surface area contributed by atoms with Crippen molar-refractivity contribution in [1.82, 2.24) is 19.7 Å². The number of carbonyl (C=O) groups is 2. The number of anilines is 2. The van der Waals surface area contributed by atoms with Crippen molar-refractivity contribution in [2.45, 2.75) is 72.1 Å². The van der Waals surface area contributed by atoms with Gasteiger partial charge in [0, 0.05) is 41.5 Å². The lowest BCUT2D eigenvalue weighted by molar-refractivity contribution is 0.0429. The summed E-state index contributed by atoms with van der Waals surface area (Å²) in [6.45, 7) is 12.2. The maximum atomic E-state index is 16.0. The fourth-order valence-electron chi connectivity index (χ4n) is 5.40. The van der Waals surface area contributed by atoms with Crippen molar-refractivity contribution < 1.29 is 28.2 Å². The van der Waals surface area contributed by atoms with Gasteiger partial charge in [-0.3, -0.25) is 4.68 Å². The van der Waals surface area contributed by atoms with Gasteiger partial charge < -0.3 is 19.5 Å². The Hall–Kier alpha value is -5.52. The third kappa shape index (κ3) is 8.02. The standard InChI is InChI=1S/C38H43FN6O5/c1-10-23-21-28(29(39)22-30(23)48-9)31(34-42-32(43-44(34)8)24-14-12-11-13-15-24)41-26-16-17-27-25(20-26)18-19-40-33(27)45(35(46)49-37(2,3)4)36(47)50-38(5,6)7/h11-22,31,41H,10H2,1-9H3. The number of nitrogens with one attached hydrogen (secondary N) is 1. The number of benzene rings is 3. The first-order chi connectivity index (χ1) is 23.6. The van der Waals surface area contributed by atoms with Gasteiger partial charge in [-0.05, 0) is 89.2 Å². The van der Waals surface area contributed by atoms with E-state index in [0.29, 0.717) is 45.8 Å². The van der Waals surface area contributed by atoms with Crippen LogP contribution in [-0.4, -0.2) is 50.2 Å². The van der Waals surface area contributed by atoms with Crippen LogP contribution < -0.4 is 15.0 Å². The summed E-state index contributed by atoms with van der Waals surface area (Å²) in [6.07, 6.45) is 0.264. The Labute approximate surface area is 291 Å². The van der Waals surface area contributed by atoms with Gasteiger partial charge in [0.2, 0.25) is 0 Å². The van der Waals surface area contributed by atoms with Crippen molar-refractivity contribution in [3.63, 3.8) is 0 Å². The molecule has 0 bridgehead atoms. The van der Waals surface area contributed by atoms with Crippen molar-refractivity contribution in [3.05, 3.63) is 95.7 Å². The minimum absolute atomic E-state index is 0.0451. The van der Waals surface area contributed by atoms with Crippen LogP contribution in [0.2, 0.25) is 0 Å². The van der Waals surface area contributed by atoms with Crippen LogP contribution in [0.3, 0.4) is 0 Å². The molecule has 50 heavy (non-hydrogen) atoms. The minimum Gasteiger partial charge on any atom is -0.496 e.